The van der Waals surface area contributed by atoms with Crippen molar-refractivity contribution in [1.82, 2.24) is 4.98 Å². The van der Waals surface area contributed by atoms with E-state index in [1.165, 1.54) is 6.07 Å². The lowest BCUT2D eigenvalue weighted by atomic mass is 10.1. The molecule has 3 aromatic rings. The predicted molar refractivity (Wildman–Crippen MR) is 68.8 cm³/mol. The fourth-order valence-electron chi connectivity index (χ4n) is 2.03. The zero-order chi connectivity index (χ0) is 12.5. The molecule has 0 radical (unpaired) electrons. The van der Waals surface area contributed by atoms with Gasteiger partial charge in [0, 0.05) is 0 Å². The van der Waals surface area contributed by atoms with E-state index in [1.807, 2.05) is 18.2 Å². The summed E-state index contributed by atoms with van der Waals surface area (Å²) >= 11 is 0. The average molecular weight is 241 g/mol. The van der Waals surface area contributed by atoms with E-state index < -0.39 is 0 Å². The van der Waals surface area contributed by atoms with Gasteiger partial charge in [0.05, 0.1) is 5.56 Å². The molecule has 0 amide bonds. The highest BCUT2D eigenvalue weighted by Gasteiger charge is 2.13. The predicted octanol–water partition coefficient (Wildman–Crippen LogP) is 4.20. The minimum Gasteiger partial charge on any atom is -0.436 e. The molecular weight excluding hydrogens is 229 g/mol. The molecule has 0 unspecified atom stereocenters. The molecule has 1 heterocycles. The Hall–Kier alpha value is -2.16. The van der Waals surface area contributed by atoms with Gasteiger partial charge in [0.25, 0.3) is 0 Å². The van der Waals surface area contributed by atoms with Crippen LogP contribution < -0.4 is 0 Å². The van der Waals surface area contributed by atoms with Gasteiger partial charge in [0.2, 0.25) is 5.89 Å². The van der Waals surface area contributed by atoms with Crippen LogP contribution in [0.2, 0.25) is 0 Å². The highest BCUT2D eigenvalue weighted by molar-refractivity contribution is 5.79. The number of aromatic nitrogens is 1. The zero-order valence-electron chi connectivity index (χ0n) is 9.98. The van der Waals surface area contributed by atoms with E-state index >= 15 is 0 Å². The third kappa shape index (κ3) is 1.68. The van der Waals surface area contributed by atoms with Gasteiger partial charge >= 0.3 is 0 Å². The van der Waals surface area contributed by atoms with Crippen LogP contribution in [-0.4, -0.2) is 4.98 Å². The van der Waals surface area contributed by atoms with E-state index in [9.17, 15) is 4.39 Å². The highest BCUT2D eigenvalue weighted by atomic mass is 19.1. The summed E-state index contributed by atoms with van der Waals surface area (Å²) in [6, 6.07) is 12.3. The molecule has 3 rings (SSSR count). The Bertz CT molecular complexity index is 703. The maximum absolute atomic E-state index is 13.7. The lowest BCUT2D eigenvalue weighted by Gasteiger charge is -1.96. The molecule has 3 heteroatoms. The number of rotatable bonds is 2. The Kier molecular flexibility index (Phi) is 2.59. The summed E-state index contributed by atoms with van der Waals surface area (Å²) < 4.78 is 19.4. The summed E-state index contributed by atoms with van der Waals surface area (Å²) in [7, 11) is 0. The van der Waals surface area contributed by atoms with Crippen LogP contribution in [-0.2, 0) is 6.42 Å². The summed E-state index contributed by atoms with van der Waals surface area (Å²) in [5.74, 6) is 0.0195. The van der Waals surface area contributed by atoms with Crippen LogP contribution in [0.1, 0.15) is 12.5 Å². The van der Waals surface area contributed by atoms with Crippen molar-refractivity contribution in [2.45, 2.75) is 13.3 Å². The molecule has 0 saturated carbocycles. The van der Waals surface area contributed by atoms with Crippen LogP contribution in [0.3, 0.4) is 0 Å². The maximum atomic E-state index is 13.7. The van der Waals surface area contributed by atoms with Crippen molar-refractivity contribution in [3.05, 3.63) is 53.8 Å². The molecule has 0 fully saturated rings. The second kappa shape index (κ2) is 4.26. The van der Waals surface area contributed by atoms with Crippen molar-refractivity contribution in [3.63, 3.8) is 0 Å². The lowest BCUT2D eigenvalue weighted by Crippen LogP contribution is -1.82. The average Bonchev–Trinajstić information content (AvgIpc) is 2.82. The molecule has 2 aromatic carbocycles. The molecule has 0 bridgehead atoms. The minimum atomic E-state index is -0.317. The molecule has 0 aliphatic rings. The van der Waals surface area contributed by atoms with Gasteiger partial charge in [-0.1, -0.05) is 31.2 Å². The van der Waals surface area contributed by atoms with Crippen molar-refractivity contribution in [3.8, 4) is 11.5 Å². The van der Waals surface area contributed by atoms with E-state index in [-0.39, 0.29) is 5.82 Å². The summed E-state index contributed by atoms with van der Waals surface area (Å²) in [4.78, 5) is 4.35. The van der Waals surface area contributed by atoms with Gasteiger partial charge in [-0.3, -0.25) is 0 Å². The van der Waals surface area contributed by atoms with Crippen LogP contribution >= 0.6 is 0 Å². The number of fused-ring (bicyclic) bond motifs is 1. The lowest BCUT2D eigenvalue weighted by molar-refractivity contribution is 0.591. The SMILES string of the molecule is CCc1cccc2nc(-c3ccccc3F)oc12. The molecule has 0 spiro atoms. The molecule has 18 heavy (non-hydrogen) atoms. The van der Waals surface area contributed by atoms with Crippen molar-refractivity contribution in [2.75, 3.05) is 0 Å². The van der Waals surface area contributed by atoms with Gasteiger partial charge in [0.1, 0.15) is 11.3 Å². The van der Waals surface area contributed by atoms with Crippen molar-refractivity contribution < 1.29 is 8.81 Å². The number of nitrogens with zero attached hydrogens (tertiary/aromatic N) is 1. The van der Waals surface area contributed by atoms with E-state index in [0.29, 0.717) is 11.5 Å². The van der Waals surface area contributed by atoms with Crippen molar-refractivity contribution in [2.24, 2.45) is 0 Å². The largest absolute Gasteiger partial charge is 0.436 e. The van der Waals surface area contributed by atoms with Gasteiger partial charge in [0.15, 0.2) is 5.58 Å². The molecule has 1 aromatic heterocycles. The molecular formula is C15H12FNO. The van der Waals surface area contributed by atoms with E-state index in [1.54, 1.807) is 18.2 Å². The molecule has 90 valence electrons. The van der Waals surface area contributed by atoms with E-state index in [0.717, 1.165) is 23.1 Å². The summed E-state index contributed by atoms with van der Waals surface area (Å²) in [5, 5.41) is 0. The first-order valence-electron chi connectivity index (χ1n) is 5.93. The van der Waals surface area contributed by atoms with Crippen LogP contribution in [0.5, 0.6) is 0 Å². The van der Waals surface area contributed by atoms with Crippen molar-refractivity contribution in [1.29, 1.82) is 0 Å². The number of aryl methyl sites for hydroxylation is 1. The molecule has 2 nitrogen and oxygen atoms in total. The zero-order valence-corrected chi connectivity index (χ0v) is 9.98. The summed E-state index contributed by atoms with van der Waals surface area (Å²) in [6.45, 7) is 2.06. The molecule has 0 aliphatic carbocycles. The first kappa shape index (κ1) is 11.0. The maximum Gasteiger partial charge on any atom is 0.230 e. The summed E-state index contributed by atoms with van der Waals surface area (Å²) in [5.41, 5.74) is 3.00. The fraction of sp³-hybridized carbons (Fsp3) is 0.133. The Balaban J connectivity index is 2.23. The number of halogens is 1. The molecule has 0 atom stereocenters. The molecule has 0 saturated heterocycles. The highest BCUT2D eigenvalue weighted by Crippen LogP contribution is 2.28. The number of para-hydroxylation sites is 1. The summed E-state index contributed by atoms with van der Waals surface area (Å²) in [6.07, 6.45) is 0.864. The Morgan fingerprint density at radius 2 is 1.94 bits per heavy atom. The standard InChI is InChI=1S/C15H12FNO/c1-2-10-6-5-9-13-14(10)18-15(17-13)11-7-3-4-8-12(11)16/h3-9H,2H2,1H3. The number of benzene rings is 2. The van der Waals surface area contributed by atoms with Crippen LogP contribution in [0.15, 0.2) is 46.9 Å². The Morgan fingerprint density at radius 3 is 2.72 bits per heavy atom. The Morgan fingerprint density at radius 1 is 1.11 bits per heavy atom. The number of oxazole rings is 1. The van der Waals surface area contributed by atoms with Gasteiger partial charge in [-0.15, -0.1) is 0 Å². The second-order valence-electron chi connectivity index (χ2n) is 4.12. The van der Waals surface area contributed by atoms with Gasteiger partial charge in [-0.05, 0) is 30.2 Å². The monoisotopic (exact) mass is 241 g/mol. The second-order valence-corrected chi connectivity index (χ2v) is 4.12. The Labute approximate surface area is 104 Å². The number of hydrogen-bond acceptors (Lipinski definition) is 2. The van der Waals surface area contributed by atoms with Crippen LogP contribution in [0.25, 0.3) is 22.6 Å². The quantitative estimate of drug-likeness (QED) is 0.672. The van der Waals surface area contributed by atoms with Gasteiger partial charge in [-0.25, -0.2) is 9.37 Å². The topological polar surface area (TPSA) is 26.0 Å². The van der Waals surface area contributed by atoms with E-state index in [2.05, 4.69) is 11.9 Å². The van der Waals surface area contributed by atoms with Crippen molar-refractivity contribution >= 4 is 11.1 Å². The van der Waals surface area contributed by atoms with Crippen LogP contribution in [0.4, 0.5) is 4.39 Å². The molecule has 0 aliphatic heterocycles. The normalized spacial score (nSPS) is 11.0. The molecule has 0 N–H and O–H groups in total. The number of hydrogen-bond donors (Lipinski definition) is 0. The fourth-order valence-corrected chi connectivity index (χ4v) is 2.03. The van der Waals surface area contributed by atoms with Crippen LogP contribution in [0, 0.1) is 5.82 Å². The first-order valence-corrected chi connectivity index (χ1v) is 5.93. The third-order valence-corrected chi connectivity index (χ3v) is 2.98. The minimum absolute atomic E-state index is 0.317. The smallest absolute Gasteiger partial charge is 0.230 e. The van der Waals surface area contributed by atoms with Gasteiger partial charge in [-0.2, -0.15) is 0 Å². The third-order valence-electron chi connectivity index (χ3n) is 2.98. The van der Waals surface area contributed by atoms with E-state index in [4.69, 9.17) is 4.42 Å². The van der Waals surface area contributed by atoms with Gasteiger partial charge < -0.3 is 4.42 Å². The first-order chi connectivity index (χ1) is 8.79.